The highest BCUT2D eigenvalue weighted by Crippen LogP contribution is 2.30. The van der Waals surface area contributed by atoms with Gasteiger partial charge in [-0.05, 0) is 38.3 Å². The molecule has 1 fully saturated rings. The van der Waals surface area contributed by atoms with Crippen LogP contribution < -0.4 is 5.32 Å². The van der Waals surface area contributed by atoms with Gasteiger partial charge in [0.25, 0.3) is 0 Å². The van der Waals surface area contributed by atoms with Crippen molar-refractivity contribution in [2.75, 3.05) is 0 Å². The summed E-state index contributed by atoms with van der Waals surface area (Å²) >= 11 is 1.66. The highest BCUT2D eigenvalue weighted by molar-refractivity contribution is 7.12. The Labute approximate surface area is 93.1 Å². The van der Waals surface area contributed by atoms with Crippen LogP contribution in [-0.2, 0) is 4.79 Å². The average Bonchev–Trinajstić information content (AvgIpc) is 2.88. The number of rotatable bonds is 4. The van der Waals surface area contributed by atoms with Gasteiger partial charge in [0, 0.05) is 15.8 Å². The van der Waals surface area contributed by atoms with E-state index < -0.39 is 12.0 Å². The van der Waals surface area contributed by atoms with Crippen molar-refractivity contribution in [1.82, 2.24) is 5.32 Å². The highest BCUT2D eigenvalue weighted by Gasteiger charge is 2.30. The molecule has 4 heteroatoms. The second-order valence-electron chi connectivity index (χ2n) is 4.08. The predicted molar refractivity (Wildman–Crippen MR) is 60.3 cm³/mol. The van der Waals surface area contributed by atoms with Crippen LogP contribution in [0.4, 0.5) is 0 Å². The Morgan fingerprint density at radius 1 is 1.60 bits per heavy atom. The van der Waals surface area contributed by atoms with Gasteiger partial charge in [0.05, 0.1) is 0 Å². The van der Waals surface area contributed by atoms with Crippen molar-refractivity contribution < 1.29 is 9.90 Å². The Morgan fingerprint density at radius 3 is 2.67 bits per heavy atom. The second kappa shape index (κ2) is 3.94. The van der Waals surface area contributed by atoms with E-state index in [1.807, 2.05) is 19.9 Å². The monoisotopic (exact) mass is 225 g/mol. The Balaban J connectivity index is 2.22. The van der Waals surface area contributed by atoms with Crippen LogP contribution in [-0.4, -0.2) is 17.1 Å². The standard InChI is InChI=1S/C11H15NO2S/c1-6-5-9(7(2)15-6)10(11(13)14)12-8-3-4-8/h5,8,10,12H,3-4H2,1-2H3,(H,13,14). The predicted octanol–water partition coefficient (Wildman–Crippen LogP) is 2.24. The van der Waals surface area contributed by atoms with Gasteiger partial charge in [0.1, 0.15) is 6.04 Å². The molecule has 0 radical (unpaired) electrons. The van der Waals surface area contributed by atoms with E-state index >= 15 is 0 Å². The van der Waals surface area contributed by atoms with E-state index in [2.05, 4.69) is 5.32 Å². The zero-order valence-electron chi connectivity index (χ0n) is 8.91. The third-order valence-electron chi connectivity index (χ3n) is 2.62. The third-order valence-corrected chi connectivity index (χ3v) is 3.60. The molecular formula is C11H15NO2S. The molecule has 1 saturated carbocycles. The lowest BCUT2D eigenvalue weighted by Gasteiger charge is -2.13. The molecule has 0 saturated heterocycles. The molecule has 3 nitrogen and oxygen atoms in total. The van der Waals surface area contributed by atoms with Gasteiger partial charge in [-0.1, -0.05) is 0 Å². The maximum Gasteiger partial charge on any atom is 0.325 e. The normalized spacial score (nSPS) is 17.7. The lowest BCUT2D eigenvalue weighted by atomic mass is 10.1. The minimum absolute atomic E-state index is 0.408. The summed E-state index contributed by atoms with van der Waals surface area (Å²) in [5, 5.41) is 12.3. The highest BCUT2D eigenvalue weighted by atomic mass is 32.1. The first kappa shape index (κ1) is 10.6. The molecule has 1 heterocycles. The van der Waals surface area contributed by atoms with Crippen LogP contribution in [0.2, 0.25) is 0 Å². The van der Waals surface area contributed by atoms with Crippen molar-refractivity contribution in [3.8, 4) is 0 Å². The number of hydrogen-bond acceptors (Lipinski definition) is 3. The van der Waals surface area contributed by atoms with Crippen molar-refractivity contribution in [3.63, 3.8) is 0 Å². The lowest BCUT2D eigenvalue weighted by Crippen LogP contribution is -2.30. The van der Waals surface area contributed by atoms with Crippen LogP contribution in [0, 0.1) is 13.8 Å². The van der Waals surface area contributed by atoms with Crippen molar-refractivity contribution in [3.05, 3.63) is 21.4 Å². The smallest absolute Gasteiger partial charge is 0.325 e. The fourth-order valence-electron chi connectivity index (χ4n) is 1.72. The summed E-state index contributed by atoms with van der Waals surface area (Å²) in [6.07, 6.45) is 2.21. The third kappa shape index (κ3) is 2.38. The molecule has 2 rings (SSSR count). The van der Waals surface area contributed by atoms with E-state index in [1.165, 1.54) is 4.88 Å². The number of carboxylic acid groups (broad SMARTS) is 1. The minimum Gasteiger partial charge on any atom is -0.480 e. The summed E-state index contributed by atoms with van der Waals surface area (Å²) in [4.78, 5) is 13.4. The number of hydrogen-bond donors (Lipinski definition) is 2. The molecule has 1 atom stereocenters. The lowest BCUT2D eigenvalue weighted by molar-refractivity contribution is -0.139. The summed E-state index contributed by atoms with van der Waals surface area (Å²) in [6, 6.07) is 1.86. The topological polar surface area (TPSA) is 49.3 Å². The Kier molecular flexibility index (Phi) is 2.80. The number of carboxylic acids is 1. The van der Waals surface area contributed by atoms with Crippen LogP contribution in [0.25, 0.3) is 0 Å². The Hall–Kier alpha value is -0.870. The molecule has 0 aliphatic heterocycles. The fraction of sp³-hybridized carbons (Fsp3) is 0.545. The van der Waals surface area contributed by atoms with Gasteiger partial charge in [-0.2, -0.15) is 0 Å². The van der Waals surface area contributed by atoms with E-state index in [0.29, 0.717) is 6.04 Å². The van der Waals surface area contributed by atoms with Gasteiger partial charge >= 0.3 is 5.97 Å². The van der Waals surface area contributed by atoms with Crippen molar-refractivity contribution in [2.24, 2.45) is 0 Å². The molecule has 1 aliphatic carbocycles. The number of thiophene rings is 1. The summed E-state index contributed by atoms with van der Waals surface area (Å²) in [5.41, 5.74) is 0.928. The second-order valence-corrected chi connectivity index (χ2v) is 5.54. The molecule has 15 heavy (non-hydrogen) atoms. The van der Waals surface area contributed by atoms with E-state index in [-0.39, 0.29) is 0 Å². The Morgan fingerprint density at radius 2 is 2.27 bits per heavy atom. The maximum absolute atomic E-state index is 11.2. The first-order valence-electron chi connectivity index (χ1n) is 5.13. The molecular weight excluding hydrogens is 210 g/mol. The van der Waals surface area contributed by atoms with Gasteiger partial charge in [-0.15, -0.1) is 11.3 Å². The number of aryl methyl sites for hydroxylation is 2. The minimum atomic E-state index is -0.775. The van der Waals surface area contributed by atoms with E-state index in [0.717, 1.165) is 23.3 Å². The van der Waals surface area contributed by atoms with Crippen molar-refractivity contribution in [2.45, 2.75) is 38.8 Å². The molecule has 0 aromatic carbocycles. The number of aliphatic carboxylic acids is 1. The number of nitrogens with one attached hydrogen (secondary N) is 1. The summed E-state index contributed by atoms with van der Waals surface area (Å²) in [5.74, 6) is -0.775. The largest absolute Gasteiger partial charge is 0.480 e. The molecule has 1 unspecified atom stereocenters. The maximum atomic E-state index is 11.2. The summed E-state index contributed by atoms with van der Waals surface area (Å²) in [7, 11) is 0. The van der Waals surface area contributed by atoms with Crippen LogP contribution in [0.5, 0.6) is 0 Å². The van der Waals surface area contributed by atoms with Crippen LogP contribution in [0.1, 0.15) is 34.2 Å². The van der Waals surface area contributed by atoms with Gasteiger partial charge in [-0.3, -0.25) is 10.1 Å². The molecule has 0 spiro atoms. The van der Waals surface area contributed by atoms with Crippen LogP contribution in [0.3, 0.4) is 0 Å². The molecule has 0 bridgehead atoms. The quantitative estimate of drug-likeness (QED) is 0.826. The van der Waals surface area contributed by atoms with E-state index in [9.17, 15) is 9.90 Å². The van der Waals surface area contributed by atoms with Crippen molar-refractivity contribution >= 4 is 17.3 Å². The fourth-order valence-corrected chi connectivity index (χ4v) is 2.68. The van der Waals surface area contributed by atoms with Crippen molar-refractivity contribution in [1.29, 1.82) is 0 Å². The zero-order valence-corrected chi connectivity index (χ0v) is 9.73. The van der Waals surface area contributed by atoms with Crippen LogP contribution >= 0.6 is 11.3 Å². The molecule has 1 aromatic heterocycles. The molecule has 2 N–H and O–H groups in total. The molecule has 82 valence electrons. The van der Waals surface area contributed by atoms with E-state index in [1.54, 1.807) is 11.3 Å². The Bertz CT molecular complexity index is 382. The van der Waals surface area contributed by atoms with Gasteiger partial charge in [0.15, 0.2) is 0 Å². The van der Waals surface area contributed by atoms with Gasteiger partial charge in [0.2, 0.25) is 0 Å². The number of carbonyl (C=O) groups is 1. The zero-order chi connectivity index (χ0) is 11.0. The summed E-state index contributed by atoms with van der Waals surface area (Å²) in [6.45, 7) is 3.99. The SMILES string of the molecule is Cc1cc(C(NC2CC2)C(=O)O)c(C)s1. The molecule has 0 amide bonds. The van der Waals surface area contributed by atoms with Gasteiger partial charge < -0.3 is 5.11 Å². The first-order chi connectivity index (χ1) is 7.08. The summed E-state index contributed by atoms with van der Waals surface area (Å²) < 4.78 is 0. The van der Waals surface area contributed by atoms with Gasteiger partial charge in [-0.25, -0.2) is 0 Å². The molecule has 1 aliphatic rings. The van der Waals surface area contributed by atoms with E-state index in [4.69, 9.17) is 0 Å². The first-order valence-corrected chi connectivity index (χ1v) is 5.95. The molecule has 1 aromatic rings. The average molecular weight is 225 g/mol. The van der Waals surface area contributed by atoms with Crippen LogP contribution in [0.15, 0.2) is 6.07 Å².